The molecule has 0 aromatic carbocycles. The van der Waals surface area contributed by atoms with Crippen molar-refractivity contribution in [2.45, 2.75) is 225 Å². The Labute approximate surface area is 375 Å². The number of aliphatic hydroxyl groups excluding tert-OH is 1. The van der Waals surface area contributed by atoms with Crippen LogP contribution in [0.3, 0.4) is 0 Å². The van der Waals surface area contributed by atoms with Crippen LogP contribution in [0.4, 0.5) is 5.82 Å². The Balaban J connectivity index is 1.39. The molecule has 15 nitrogen and oxygen atoms in total. The molecule has 0 saturated carbocycles. The van der Waals surface area contributed by atoms with Crippen molar-refractivity contribution in [1.82, 2.24) is 19.5 Å². The maximum atomic E-state index is 13.0. The number of carbonyl (C=O) groups excluding carboxylic acids is 2. The van der Waals surface area contributed by atoms with Crippen molar-refractivity contribution in [1.29, 1.82) is 0 Å². The number of rotatable bonds is 38. The summed E-state index contributed by atoms with van der Waals surface area (Å²) in [6.45, 7) is 3.10. The van der Waals surface area contributed by atoms with Gasteiger partial charge in [-0.2, -0.15) is 9.97 Å². The van der Waals surface area contributed by atoms with E-state index in [0.717, 1.165) is 38.5 Å². The predicted molar refractivity (Wildman–Crippen MR) is 242 cm³/mol. The lowest BCUT2D eigenvalue weighted by atomic mass is 10.0. The largest absolute Gasteiger partial charge is 0.472 e. The molecule has 0 bridgehead atoms. The number of hydrogen-bond acceptors (Lipinski definition) is 13. The molecular formula is C45H79ClN5O10P. The first-order chi connectivity index (χ1) is 30.0. The van der Waals surface area contributed by atoms with Gasteiger partial charge in [-0.3, -0.25) is 23.2 Å². The van der Waals surface area contributed by atoms with Crippen LogP contribution in [0.2, 0.25) is 5.28 Å². The summed E-state index contributed by atoms with van der Waals surface area (Å²) in [4.78, 5) is 48.3. The molecule has 1 fully saturated rings. The van der Waals surface area contributed by atoms with Crippen molar-refractivity contribution in [2.75, 3.05) is 25.6 Å². The highest BCUT2D eigenvalue weighted by molar-refractivity contribution is 7.47. The van der Waals surface area contributed by atoms with E-state index < -0.39 is 57.5 Å². The van der Waals surface area contributed by atoms with Crippen LogP contribution in [0.25, 0.3) is 11.2 Å². The summed E-state index contributed by atoms with van der Waals surface area (Å²) in [6.07, 6.45) is 28.9. The molecule has 0 spiro atoms. The van der Waals surface area contributed by atoms with Crippen molar-refractivity contribution in [2.24, 2.45) is 0 Å². The van der Waals surface area contributed by atoms with Crippen molar-refractivity contribution >= 4 is 48.3 Å². The summed E-state index contributed by atoms with van der Waals surface area (Å²) >= 11 is 5.98. The van der Waals surface area contributed by atoms with Gasteiger partial charge in [-0.15, -0.1) is 0 Å². The van der Waals surface area contributed by atoms with Gasteiger partial charge in [-0.05, 0) is 24.4 Å². The smallest absolute Gasteiger partial charge is 0.462 e. The fourth-order valence-electron chi connectivity index (χ4n) is 7.73. The van der Waals surface area contributed by atoms with E-state index in [9.17, 15) is 24.2 Å². The monoisotopic (exact) mass is 916 g/mol. The molecule has 17 heteroatoms. The number of nitrogens with zero attached hydrogens (tertiary/aromatic N) is 4. The van der Waals surface area contributed by atoms with E-state index in [0.29, 0.717) is 24.0 Å². The topological polar surface area (TPSA) is 207 Å². The normalized spacial score (nSPS) is 18.0. The predicted octanol–water partition coefficient (Wildman–Crippen LogP) is 11.3. The molecule has 0 amide bonds. The van der Waals surface area contributed by atoms with Crippen molar-refractivity contribution in [3.8, 4) is 0 Å². The van der Waals surface area contributed by atoms with Gasteiger partial charge in [0.25, 0.3) is 0 Å². The molecule has 0 aliphatic carbocycles. The minimum Gasteiger partial charge on any atom is -0.462 e. The van der Waals surface area contributed by atoms with Gasteiger partial charge < -0.3 is 29.9 Å². The van der Waals surface area contributed by atoms with E-state index in [-0.39, 0.29) is 37.0 Å². The Kier molecular flexibility index (Phi) is 28.1. The zero-order chi connectivity index (χ0) is 44.8. The number of fused-ring (bicyclic) bond motifs is 1. The Hall–Kier alpha value is -2.39. The molecule has 62 heavy (non-hydrogen) atoms. The Bertz CT molecular complexity index is 1570. The lowest BCUT2D eigenvalue weighted by Crippen LogP contribution is -2.30. The molecule has 4 N–H and O–H groups in total. The number of aliphatic hydroxyl groups is 1. The van der Waals surface area contributed by atoms with E-state index >= 15 is 0 Å². The molecule has 2 unspecified atom stereocenters. The summed E-state index contributed by atoms with van der Waals surface area (Å²) < 4.78 is 41.9. The van der Waals surface area contributed by atoms with Crippen LogP contribution in [0.15, 0.2) is 6.33 Å². The molecule has 1 saturated heterocycles. The summed E-state index contributed by atoms with van der Waals surface area (Å²) in [5.74, 6) is -0.849. The van der Waals surface area contributed by atoms with Gasteiger partial charge in [0, 0.05) is 19.3 Å². The number of halogens is 1. The van der Waals surface area contributed by atoms with Crippen molar-refractivity contribution in [3.05, 3.63) is 11.6 Å². The highest BCUT2D eigenvalue weighted by Crippen LogP contribution is 2.45. The molecule has 1 aliphatic rings. The van der Waals surface area contributed by atoms with Crippen LogP contribution in [0, 0.1) is 0 Å². The number of esters is 2. The minimum absolute atomic E-state index is 0.0818. The number of anilines is 1. The first kappa shape index (κ1) is 53.9. The van der Waals surface area contributed by atoms with E-state index in [1.54, 1.807) is 0 Å². The highest BCUT2D eigenvalue weighted by atomic mass is 35.5. The average molecular weight is 917 g/mol. The zero-order valence-electron chi connectivity index (χ0n) is 37.9. The maximum Gasteiger partial charge on any atom is 0.472 e. The number of nitrogens with two attached hydrogens (primary N) is 1. The van der Waals surface area contributed by atoms with E-state index in [4.69, 9.17) is 40.6 Å². The number of aromatic nitrogens is 4. The third kappa shape index (κ3) is 23.0. The lowest BCUT2D eigenvalue weighted by Gasteiger charge is -2.21. The molecule has 0 radical (unpaired) electrons. The van der Waals surface area contributed by atoms with Gasteiger partial charge in [0.05, 0.1) is 25.6 Å². The Morgan fingerprint density at radius 3 is 1.77 bits per heavy atom. The first-order valence-electron chi connectivity index (χ1n) is 24.0. The van der Waals surface area contributed by atoms with E-state index in [1.165, 1.54) is 126 Å². The first-order valence-corrected chi connectivity index (χ1v) is 25.9. The fraction of sp³-hybridized carbons (Fsp3) is 0.844. The van der Waals surface area contributed by atoms with Crippen molar-refractivity contribution in [3.63, 3.8) is 0 Å². The molecule has 2 aromatic heterocycles. The number of ether oxygens (including phenoxy) is 3. The second-order valence-electron chi connectivity index (χ2n) is 17.0. The molecule has 356 valence electrons. The van der Waals surface area contributed by atoms with E-state index in [1.807, 2.05) is 0 Å². The van der Waals surface area contributed by atoms with Gasteiger partial charge in [0.1, 0.15) is 24.5 Å². The third-order valence-electron chi connectivity index (χ3n) is 11.5. The molecule has 3 rings (SSSR count). The van der Waals surface area contributed by atoms with Crippen LogP contribution < -0.4 is 5.73 Å². The standard InChI is InChI=1S/C45H79ClN5O10P/c1-3-5-7-9-11-13-15-17-19-21-23-25-27-29-40(53)57-32-36(60-41(54)30-28-26-24-22-20-18-16-14-12-10-8-6-4-2)33-58-62(55,56)59-34-38-37(52)31-39(61-38)51-35-48-42-43(47)49-45(46)50-44(42)51/h35-39,52H,3-34H2,1-2H3,(H,55,56)(H2,47,49,50)/t36?,37-,38+,39+/m0/s1. The number of imidazole rings is 1. The van der Waals surface area contributed by atoms with E-state index in [2.05, 4.69) is 28.8 Å². The molecule has 5 atom stereocenters. The molecule has 2 aromatic rings. The van der Waals surface area contributed by atoms with Crippen LogP contribution in [0.5, 0.6) is 0 Å². The molecule has 3 heterocycles. The Morgan fingerprint density at radius 1 is 0.774 bits per heavy atom. The van der Waals surface area contributed by atoms with Crippen LogP contribution >= 0.6 is 19.4 Å². The summed E-state index contributed by atoms with van der Waals surface area (Å²) in [5, 5.41) is 10.6. The van der Waals surface area contributed by atoms with Crippen molar-refractivity contribution < 1.29 is 47.4 Å². The van der Waals surface area contributed by atoms with Crippen LogP contribution in [-0.4, -0.2) is 79.6 Å². The van der Waals surface area contributed by atoms with Crippen LogP contribution in [-0.2, 0) is 37.4 Å². The number of phosphoric acid groups is 1. The number of nitrogen functional groups attached to an aromatic ring is 1. The minimum atomic E-state index is -4.74. The highest BCUT2D eigenvalue weighted by Gasteiger charge is 2.38. The Morgan fingerprint density at radius 2 is 1.26 bits per heavy atom. The van der Waals surface area contributed by atoms with Gasteiger partial charge in [-0.1, -0.05) is 168 Å². The fourth-order valence-corrected chi connectivity index (χ4v) is 8.67. The summed E-state index contributed by atoms with van der Waals surface area (Å²) in [7, 11) is -4.74. The summed E-state index contributed by atoms with van der Waals surface area (Å²) in [5.41, 5.74) is 6.52. The maximum absolute atomic E-state index is 13.0. The number of phosphoric ester groups is 1. The van der Waals surface area contributed by atoms with Gasteiger partial charge in [-0.25, -0.2) is 9.55 Å². The van der Waals surface area contributed by atoms with Gasteiger partial charge >= 0.3 is 19.8 Å². The second-order valence-corrected chi connectivity index (χ2v) is 18.8. The quantitative estimate of drug-likeness (QED) is 0.0248. The SMILES string of the molecule is CCCCCCCCCCCCCCCC(=O)OCC(COP(=O)(O)OC[C@H]1O[C@@H](n2cnc3c(N)nc(Cl)nc32)C[C@@H]1O)OC(=O)CCCCCCCCCCCCCCC. The number of unbranched alkanes of at least 4 members (excludes halogenated alkanes) is 24. The lowest BCUT2D eigenvalue weighted by molar-refractivity contribution is -0.161. The molecule has 1 aliphatic heterocycles. The number of hydrogen-bond donors (Lipinski definition) is 3. The van der Waals surface area contributed by atoms with Gasteiger partial charge in [0.15, 0.2) is 17.6 Å². The van der Waals surface area contributed by atoms with Gasteiger partial charge in [0.2, 0.25) is 5.28 Å². The summed E-state index contributed by atoms with van der Waals surface area (Å²) in [6, 6.07) is 0. The average Bonchev–Trinajstić information content (AvgIpc) is 3.84. The third-order valence-corrected chi connectivity index (χ3v) is 12.6. The molecular weight excluding hydrogens is 837 g/mol. The number of carbonyl (C=O) groups is 2. The second kappa shape index (κ2) is 32.3. The van der Waals surface area contributed by atoms with Crippen LogP contribution in [0.1, 0.15) is 206 Å². The zero-order valence-corrected chi connectivity index (χ0v) is 39.5.